The van der Waals surface area contributed by atoms with Crippen LogP contribution in [-0.4, -0.2) is 0 Å². The fraction of sp³-hybridized carbons (Fsp3) is 0.321. The zero-order chi connectivity index (χ0) is 19.8. The van der Waals surface area contributed by atoms with E-state index in [9.17, 15) is 0 Å². The van der Waals surface area contributed by atoms with Gasteiger partial charge in [-0.05, 0) is 79.5 Å². The van der Waals surface area contributed by atoms with E-state index in [0.29, 0.717) is 5.92 Å². The van der Waals surface area contributed by atoms with Gasteiger partial charge in [-0.3, -0.25) is 0 Å². The van der Waals surface area contributed by atoms with Gasteiger partial charge in [0.05, 0.1) is 0 Å². The molecule has 1 unspecified atom stereocenters. The lowest BCUT2D eigenvalue weighted by atomic mass is 9.81. The fourth-order valence-electron chi connectivity index (χ4n) is 4.92. The van der Waals surface area contributed by atoms with Gasteiger partial charge in [0.2, 0.25) is 0 Å². The topological polar surface area (TPSA) is 0 Å². The summed E-state index contributed by atoms with van der Waals surface area (Å²) in [6.07, 6.45) is 6.17. The second-order valence-electron chi connectivity index (χ2n) is 8.32. The Balaban J connectivity index is 1.84. The highest BCUT2D eigenvalue weighted by Gasteiger charge is 2.36. The first-order valence-electron chi connectivity index (χ1n) is 10.7. The molecule has 0 heterocycles. The van der Waals surface area contributed by atoms with Gasteiger partial charge in [0.25, 0.3) is 0 Å². The summed E-state index contributed by atoms with van der Waals surface area (Å²) in [7, 11) is 0. The summed E-state index contributed by atoms with van der Waals surface area (Å²) >= 11 is 0. The van der Waals surface area contributed by atoms with E-state index in [4.69, 9.17) is 0 Å². The Morgan fingerprint density at radius 2 is 1.32 bits per heavy atom. The number of benzene rings is 2. The quantitative estimate of drug-likeness (QED) is 0.505. The Hall–Kier alpha value is -2.34. The van der Waals surface area contributed by atoms with E-state index in [0.717, 1.165) is 6.42 Å². The van der Waals surface area contributed by atoms with Gasteiger partial charge < -0.3 is 0 Å². The van der Waals surface area contributed by atoms with E-state index in [-0.39, 0.29) is 0 Å². The Kier molecular flexibility index (Phi) is 5.15. The van der Waals surface area contributed by atoms with Crippen LogP contribution in [0.25, 0.3) is 5.57 Å². The summed E-state index contributed by atoms with van der Waals surface area (Å²) in [5.74, 6) is 1.88. The van der Waals surface area contributed by atoms with Crippen LogP contribution < -0.4 is 0 Å². The Bertz CT molecular complexity index is 972. The third kappa shape index (κ3) is 3.00. The summed E-state index contributed by atoms with van der Waals surface area (Å²) in [4.78, 5) is 0. The molecule has 2 aromatic rings. The number of hydrogen-bond donors (Lipinski definition) is 0. The monoisotopic (exact) mass is 367 g/mol. The molecular weight excluding hydrogens is 336 g/mol. The third-order valence-electron chi connectivity index (χ3n) is 6.83. The first kappa shape index (κ1) is 19.0. The molecule has 0 spiro atoms. The maximum absolute atomic E-state index is 2.53. The maximum Gasteiger partial charge on any atom is 0.0370 e. The molecule has 2 aromatic carbocycles. The van der Waals surface area contributed by atoms with Crippen LogP contribution in [0.4, 0.5) is 0 Å². The average Bonchev–Trinajstić information content (AvgIpc) is 3.18. The predicted molar refractivity (Wildman–Crippen MR) is 121 cm³/mol. The van der Waals surface area contributed by atoms with Crippen molar-refractivity contribution in [2.75, 3.05) is 0 Å². The lowest BCUT2D eigenvalue weighted by Gasteiger charge is -2.22. The van der Waals surface area contributed by atoms with E-state index in [1.54, 1.807) is 0 Å². The molecule has 1 radical (unpaired) electrons. The molecule has 0 heteroatoms. The number of unbranched alkanes of at least 4 members (excludes halogenated alkanes) is 1. The number of allylic oxidation sites excluding steroid dienone is 5. The van der Waals surface area contributed by atoms with Crippen molar-refractivity contribution in [3.63, 3.8) is 0 Å². The largest absolute Gasteiger partial charge is 0.0672 e. The molecule has 0 nitrogen and oxygen atoms in total. The van der Waals surface area contributed by atoms with E-state index in [2.05, 4.69) is 89.2 Å². The SMILES string of the molecule is CCCCc1ccccc1C1=CC([C]2C(C)=C(C)C(C)=C2C)c2ccccc21. The van der Waals surface area contributed by atoms with Gasteiger partial charge in [0.1, 0.15) is 0 Å². The lowest BCUT2D eigenvalue weighted by Crippen LogP contribution is -2.08. The zero-order valence-corrected chi connectivity index (χ0v) is 17.9. The number of rotatable bonds is 5. The van der Waals surface area contributed by atoms with E-state index in [1.165, 1.54) is 68.9 Å². The minimum Gasteiger partial charge on any atom is -0.0672 e. The first-order valence-corrected chi connectivity index (χ1v) is 10.7. The van der Waals surface area contributed by atoms with Gasteiger partial charge in [0, 0.05) is 11.8 Å². The molecule has 0 amide bonds. The van der Waals surface area contributed by atoms with Crippen molar-refractivity contribution in [3.8, 4) is 0 Å². The summed E-state index contributed by atoms with van der Waals surface area (Å²) in [6.45, 7) is 11.4. The number of fused-ring (bicyclic) bond motifs is 1. The molecule has 0 aliphatic heterocycles. The van der Waals surface area contributed by atoms with Crippen molar-refractivity contribution in [1.82, 2.24) is 0 Å². The third-order valence-corrected chi connectivity index (χ3v) is 6.83. The molecule has 1 atom stereocenters. The highest BCUT2D eigenvalue weighted by Crippen LogP contribution is 2.52. The van der Waals surface area contributed by atoms with Crippen molar-refractivity contribution in [2.24, 2.45) is 0 Å². The van der Waals surface area contributed by atoms with Gasteiger partial charge in [0.15, 0.2) is 0 Å². The van der Waals surface area contributed by atoms with Crippen LogP contribution in [0.3, 0.4) is 0 Å². The summed E-state index contributed by atoms with van der Waals surface area (Å²) < 4.78 is 0. The van der Waals surface area contributed by atoms with E-state index >= 15 is 0 Å². The van der Waals surface area contributed by atoms with Crippen LogP contribution in [0.5, 0.6) is 0 Å². The molecule has 0 saturated carbocycles. The maximum atomic E-state index is 2.53. The predicted octanol–water partition coefficient (Wildman–Crippen LogP) is 7.82. The molecule has 28 heavy (non-hydrogen) atoms. The molecule has 4 rings (SSSR count). The Labute approximate surface area is 170 Å². The van der Waals surface area contributed by atoms with Crippen molar-refractivity contribution < 1.29 is 0 Å². The van der Waals surface area contributed by atoms with Crippen molar-refractivity contribution in [1.29, 1.82) is 0 Å². The van der Waals surface area contributed by atoms with Gasteiger partial charge in [-0.15, -0.1) is 0 Å². The first-order chi connectivity index (χ1) is 13.5. The molecule has 143 valence electrons. The molecule has 2 aliphatic carbocycles. The van der Waals surface area contributed by atoms with Crippen molar-refractivity contribution >= 4 is 5.57 Å². The molecule has 0 fully saturated rings. The summed E-state index contributed by atoms with van der Waals surface area (Å²) in [6, 6.07) is 18.0. The van der Waals surface area contributed by atoms with Crippen LogP contribution in [-0.2, 0) is 6.42 Å². The van der Waals surface area contributed by atoms with Crippen LogP contribution in [0, 0.1) is 5.92 Å². The second-order valence-corrected chi connectivity index (χ2v) is 8.32. The molecule has 0 saturated heterocycles. The van der Waals surface area contributed by atoms with Crippen molar-refractivity contribution in [2.45, 2.75) is 59.8 Å². The van der Waals surface area contributed by atoms with Gasteiger partial charge in [-0.25, -0.2) is 0 Å². The van der Waals surface area contributed by atoms with Crippen LogP contribution in [0.1, 0.15) is 75.6 Å². The Morgan fingerprint density at radius 3 is 2.00 bits per heavy atom. The minimum atomic E-state index is 0.359. The average molecular weight is 368 g/mol. The normalized spacial score (nSPS) is 19.5. The minimum absolute atomic E-state index is 0.359. The van der Waals surface area contributed by atoms with Crippen LogP contribution in [0.2, 0.25) is 0 Å². The summed E-state index contributed by atoms with van der Waals surface area (Å²) in [5, 5.41) is 0. The molecular formula is C28H31. The molecule has 0 N–H and O–H groups in total. The molecule has 0 bridgehead atoms. The van der Waals surface area contributed by atoms with Gasteiger partial charge in [-0.1, -0.05) is 79.1 Å². The lowest BCUT2D eigenvalue weighted by molar-refractivity contribution is 0.794. The fourth-order valence-corrected chi connectivity index (χ4v) is 4.92. The highest BCUT2D eigenvalue weighted by molar-refractivity contribution is 5.88. The zero-order valence-electron chi connectivity index (χ0n) is 17.9. The van der Waals surface area contributed by atoms with Crippen LogP contribution >= 0.6 is 0 Å². The standard InChI is InChI=1S/C28H31/c1-6-7-12-22-13-8-9-14-23(22)26-17-27(25-16-11-10-15-24(25)26)28-20(4)18(2)19(3)21(28)5/h8-11,13-17,27H,6-7,12H2,1-5H3. The van der Waals surface area contributed by atoms with Crippen LogP contribution in [0.15, 0.2) is 76.9 Å². The smallest absolute Gasteiger partial charge is 0.0370 e. The second kappa shape index (κ2) is 7.59. The highest BCUT2D eigenvalue weighted by atomic mass is 14.4. The number of hydrogen-bond acceptors (Lipinski definition) is 0. The van der Waals surface area contributed by atoms with E-state index in [1.807, 2.05) is 0 Å². The van der Waals surface area contributed by atoms with Gasteiger partial charge >= 0.3 is 0 Å². The Morgan fingerprint density at radius 1 is 0.714 bits per heavy atom. The van der Waals surface area contributed by atoms with Crippen molar-refractivity contribution in [3.05, 3.63) is 105 Å². The molecule has 0 aromatic heterocycles. The van der Waals surface area contributed by atoms with Gasteiger partial charge in [-0.2, -0.15) is 0 Å². The number of aryl methyl sites for hydroxylation is 1. The summed E-state index contributed by atoms with van der Waals surface area (Å²) in [5.41, 5.74) is 13.0. The molecule has 2 aliphatic rings. The van der Waals surface area contributed by atoms with E-state index < -0.39 is 0 Å².